The molecule has 0 spiro atoms. The maximum Gasteiger partial charge on any atom is 0.276 e. The van der Waals surface area contributed by atoms with Crippen molar-refractivity contribution in [3.05, 3.63) is 76.7 Å². The lowest BCUT2D eigenvalue weighted by Crippen LogP contribution is -2.25. The number of ether oxygens (including phenoxy) is 2. The zero-order valence-electron chi connectivity index (χ0n) is 15.7. The maximum absolute atomic E-state index is 12.7. The molecule has 0 aliphatic heterocycles. The predicted molar refractivity (Wildman–Crippen MR) is 107 cm³/mol. The van der Waals surface area contributed by atoms with Crippen LogP contribution in [0.25, 0.3) is 5.69 Å². The molecule has 144 valence electrons. The number of nitrogens with one attached hydrogen (secondary N) is 1. The number of hydrogen-bond acceptors (Lipinski definition) is 5. The summed E-state index contributed by atoms with van der Waals surface area (Å²) in [6.07, 6.45) is 0. The predicted octanol–water partition coefficient (Wildman–Crippen LogP) is 3.28. The first-order valence-corrected chi connectivity index (χ1v) is 8.99. The van der Waals surface area contributed by atoms with E-state index in [-0.39, 0.29) is 11.3 Å². The number of hydrogen-bond donors (Lipinski definition) is 1. The highest BCUT2D eigenvalue weighted by atomic mass is 16.5. The van der Waals surface area contributed by atoms with Crippen molar-refractivity contribution in [2.45, 2.75) is 13.8 Å². The Hall–Kier alpha value is -3.61. The van der Waals surface area contributed by atoms with Crippen molar-refractivity contribution in [1.82, 2.24) is 9.78 Å². The highest BCUT2D eigenvalue weighted by Gasteiger charge is 2.14. The average Bonchev–Trinajstić information content (AvgIpc) is 2.71. The SMILES string of the molecule is CCOc1ccc(OCC)c(NC(=O)c2ccc(=O)n(-c3ccccc3)n2)c1. The van der Waals surface area contributed by atoms with Gasteiger partial charge in [0.1, 0.15) is 17.2 Å². The zero-order chi connectivity index (χ0) is 19.9. The van der Waals surface area contributed by atoms with E-state index in [0.717, 1.165) is 0 Å². The van der Waals surface area contributed by atoms with Crippen LogP contribution in [0, 0.1) is 0 Å². The Bertz CT molecular complexity index is 1020. The van der Waals surface area contributed by atoms with Crippen molar-refractivity contribution in [1.29, 1.82) is 0 Å². The number of carbonyl (C=O) groups excluding carboxylic acids is 1. The van der Waals surface area contributed by atoms with Crippen LogP contribution in [0.4, 0.5) is 5.69 Å². The molecule has 3 aromatic rings. The average molecular weight is 379 g/mol. The Morgan fingerprint density at radius 3 is 2.46 bits per heavy atom. The highest BCUT2D eigenvalue weighted by Crippen LogP contribution is 2.29. The molecule has 0 aliphatic carbocycles. The van der Waals surface area contributed by atoms with Crippen LogP contribution in [0.3, 0.4) is 0 Å². The lowest BCUT2D eigenvalue weighted by atomic mass is 10.2. The third-order valence-electron chi connectivity index (χ3n) is 3.84. The third-order valence-corrected chi connectivity index (χ3v) is 3.84. The molecular formula is C21H21N3O4. The van der Waals surface area contributed by atoms with E-state index < -0.39 is 5.91 Å². The second kappa shape index (κ2) is 8.85. The van der Waals surface area contributed by atoms with Crippen molar-refractivity contribution in [3.8, 4) is 17.2 Å². The second-order valence-electron chi connectivity index (χ2n) is 5.78. The topological polar surface area (TPSA) is 82.5 Å². The van der Waals surface area contributed by atoms with Gasteiger partial charge in [0.05, 0.1) is 24.6 Å². The first kappa shape index (κ1) is 19.2. The third kappa shape index (κ3) is 4.37. The van der Waals surface area contributed by atoms with Gasteiger partial charge in [0.2, 0.25) is 0 Å². The number of amides is 1. The fourth-order valence-electron chi connectivity index (χ4n) is 2.62. The lowest BCUT2D eigenvalue weighted by Gasteiger charge is -2.13. The molecule has 0 radical (unpaired) electrons. The molecule has 7 nitrogen and oxygen atoms in total. The van der Waals surface area contributed by atoms with Crippen molar-refractivity contribution in [3.63, 3.8) is 0 Å². The largest absolute Gasteiger partial charge is 0.494 e. The van der Waals surface area contributed by atoms with Crippen LogP contribution < -0.4 is 20.3 Å². The van der Waals surface area contributed by atoms with E-state index in [1.807, 2.05) is 19.9 Å². The maximum atomic E-state index is 12.7. The van der Waals surface area contributed by atoms with E-state index in [0.29, 0.717) is 36.1 Å². The van der Waals surface area contributed by atoms with E-state index in [1.165, 1.54) is 16.8 Å². The lowest BCUT2D eigenvalue weighted by molar-refractivity contribution is 0.102. The number of aromatic nitrogens is 2. The number of nitrogens with zero attached hydrogens (tertiary/aromatic N) is 2. The normalized spacial score (nSPS) is 10.4. The minimum Gasteiger partial charge on any atom is -0.494 e. The second-order valence-corrected chi connectivity index (χ2v) is 5.78. The summed E-state index contributed by atoms with van der Waals surface area (Å²) in [5, 5.41) is 6.98. The smallest absolute Gasteiger partial charge is 0.276 e. The molecular weight excluding hydrogens is 358 g/mol. The Balaban J connectivity index is 1.91. The molecule has 3 rings (SSSR count). The molecule has 0 aliphatic rings. The summed E-state index contributed by atoms with van der Waals surface area (Å²) in [7, 11) is 0. The van der Waals surface area contributed by atoms with Crippen LogP contribution in [-0.2, 0) is 0 Å². The van der Waals surface area contributed by atoms with Gasteiger partial charge in [-0.25, -0.2) is 0 Å². The van der Waals surface area contributed by atoms with Gasteiger partial charge < -0.3 is 14.8 Å². The summed E-state index contributed by atoms with van der Waals surface area (Å²) in [6, 6.07) is 16.8. The van der Waals surface area contributed by atoms with Crippen LogP contribution in [0.1, 0.15) is 24.3 Å². The number of benzene rings is 2. The van der Waals surface area contributed by atoms with Crippen LogP contribution in [-0.4, -0.2) is 28.9 Å². The summed E-state index contributed by atoms with van der Waals surface area (Å²) in [5.41, 5.74) is 0.830. The minimum absolute atomic E-state index is 0.104. The summed E-state index contributed by atoms with van der Waals surface area (Å²) < 4.78 is 12.3. The summed E-state index contributed by atoms with van der Waals surface area (Å²) in [4.78, 5) is 24.9. The summed E-state index contributed by atoms with van der Waals surface area (Å²) >= 11 is 0. The number of anilines is 1. The van der Waals surface area contributed by atoms with E-state index in [4.69, 9.17) is 9.47 Å². The number of para-hydroxylation sites is 1. The van der Waals surface area contributed by atoms with E-state index in [2.05, 4.69) is 10.4 Å². The molecule has 1 amide bonds. The van der Waals surface area contributed by atoms with Crippen LogP contribution in [0.2, 0.25) is 0 Å². The van der Waals surface area contributed by atoms with E-state index in [9.17, 15) is 9.59 Å². The van der Waals surface area contributed by atoms with E-state index in [1.54, 1.807) is 42.5 Å². The van der Waals surface area contributed by atoms with Gasteiger partial charge in [0, 0.05) is 12.1 Å². The fraction of sp³-hybridized carbons (Fsp3) is 0.190. The Kier molecular flexibility index (Phi) is 6.06. The van der Waals surface area contributed by atoms with E-state index >= 15 is 0 Å². The quantitative estimate of drug-likeness (QED) is 0.681. The monoisotopic (exact) mass is 379 g/mol. The van der Waals surface area contributed by atoms with Crippen LogP contribution in [0.15, 0.2) is 65.5 Å². The number of rotatable bonds is 7. The molecule has 0 unspecified atom stereocenters. The van der Waals surface area contributed by atoms with Gasteiger partial charge in [-0.05, 0) is 44.2 Å². The Morgan fingerprint density at radius 2 is 1.75 bits per heavy atom. The van der Waals surface area contributed by atoms with Gasteiger partial charge in [-0.1, -0.05) is 18.2 Å². The molecule has 0 atom stereocenters. The summed E-state index contributed by atoms with van der Waals surface area (Å²) in [5.74, 6) is 0.679. The fourth-order valence-corrected chi connectivity index (χ4v) is 2.62. The molecule has 1 N–H and O–H groups in total. The van der Waals surface area contributed by atoms with Crippen molar-refractivity contribution < 1.29 is 14.3 Å². The Morgan fingerprint density at radius 1 is 1.00 bits per heavy atom. The molecule has 0 saturated heterocycles. The van der Waals surface area contributed by atoms with Gasteiger partial charge in [-0.15, -0.1) is 0 Å². The first-order valence-electron chi connectivity index (χ1n) is 8.99. The van der Waals surface area contributed by atoms with Crippen molar-refractivity contribution in [2.24, 2.45) is 0 Å². The molecule has 28 heavy (non-hydrogen) atoms. The molecule has 0 saturated carbocycles. The van der Waals surface area contributed by atoms with Gasteiger partial charge in [-0.3, -0.25) is 9.59 Å². The van der Waals surface area contributed by atoms with Crippen molar-refractivity contribution in [2.75, 3.05) is 18.5 Å². The van der Waals surface area contributed by atoms with Crippen molar-refractivity contribution >= 4 is 11.6 Å². The van der Waals surface area contributed by atoms with Gasteiger partial charge >= 0.3 is 0 Å². The molecule has 7 heteroatoms. The van der Waals surface area contributed by atoms with Gasteiger partial charge in [0.15, 0.2) is 0 Å². The minimum atomic E-state index is -0.459. The first-order chi connectivity index (χ1) is 13.6. The molecule has 1 heterocycles. The molecule has 2 aromatic carbocycles. The van der Waals surface area contributed by atoms with Crippen LogP contribution in [0.5, 0.6) is 11.5 Å². The van der Waals surface area contributed by atoms with Gasteiger partial charge in [0.25, 0.3) is 11.5 Å². The standard InChI is InChI=1S/C21H21N3O4/c1-3-27-16-10-12-19(28-4-2)18(14-16)22-21(26)17-11-13-20(25)24(23-17)15-8-6-5-7-9-15/h5-14H,3-4H2,1-2H3,(H,22,26). The van der Waals surface area contributed by atoms with Crippen LogP contribution >= 0.6 is 0 Å². The Labute approximate surface area is 162 Å². The zero-order valence-corrected chi connectivity index (χ0v) is 15.7. The molecule has 1 aromatic heterocycles. The summed E-state index contributed by atoms with van der Waals surface area (Å²) in [6.45, 7) is 4.70. The highest BCUT2D eigenvalue weighted by molar-refractivity contribution is 6.03. The molecule has 0 bridgehead atoms. The van der Waals surface area contributed by atoms with Gasteiger partial charge in [-0.2, -0.15) is 9.78 Å². The number of carbonyl (C=O) groups is 1. The molecule has 0 fully saturated rings.